The SMILES string of the molecule is c1ccc(-c2ccc(-c3nc(-c4ccc5ccccc5c4)nc(-c4ccc5ccccc5c4)n3)c3c2oc2ccccc23)cc1. The molecular formula is C41H25N3O. The van der Waals surface area contributed by atoms with Gasteiger partial charge in [-0.25, -0.2) is 15.0 Å². The minimum Gasteiger partial charge on any atom is -0.455 e. The molecule has 0 fully saturated rings. The summed E-state index contributed by atoms with van der Waals surface area (Å²) in [6.45, 7) is 0. The van der Waals surface area contributed by atoms with Gasteiger partial charge in [-0.15, -0.1) is 0 Å². The zero-order valence-electron chi connectivity index (χ0n) is 24.2. The van der Waals surface area contributed by atoms with Crippen LogP contribution in [-0.2, 0) is 0 Å². The van der Waals surface area contributed by atoms with E-state index in [1.807, 2.05) is 24.3 Å². The first-order valence-corrected chi connectivity index (χ1v) is 15.0. The van der Waals surface area contributed by atoms with Gasteiger partial charge in [0.1, 0.15) is 11.2 Å². The van der Waals surface area contributed by atoms with Gasteiger partial charge in [-0.3, -0.25) is 0 Å². The Morgan fingerprint density at radius 1 is 0.378 bits per heavy atom. The number of benzene rings is 7. The predicted molar refractivity (Wildman–Crippen MR) is 184 cm³/mol. The third kappa shape index (κ3) is 4.35. The highest BCUT2D eigenvalue weighted by molar-refractivity contribution is 6.15. The Bertz CT molecular complexity index is 2450. The van der Waals surface area contributed by atoms with E-state index in [4.69, 9.17) is 19.4 Å². The molecule has 45 heavy (non-hydrogen) atoms. The predicted octanol–water partition coefficient (Wildman–Crippen LogP) is 10.7. The van der Waals surface area contributed by atoms with Crippen molar-refractivity contribution in [1.82, 2.24) is 15.0 Å². The van der Waals surface area contributed by atoms with Gasteiger partial charge in [0, 0.05) is 33.0 Å². The van der Waals surface area contributed by atoms with Crippen molar-refractivity contribution in [3.05, 3.63) is 152 Å². The standard InChI is InChI=1S/C41H25N3O/c1-2-12-28(13-3-1)33-22-23-35(37-34-16-8-9-17-36(34)45-38(33)37)41-43-39(31-20-18-26-10-4-6-14-29(26)24-31)42-40(44-41)32-21-19-27-11-5-7-15-30(27)25-32/h1-25H. The average Bonchev–Trinajstić information content (AvgIpc) is 3.51. The second kappa shape index (κ2) is 10.2. The van der Waals surface area contributed by atoms with E-state index in [9.17, 15) is 0 Å². The van der Waals surface area contributed by atoms with Crippen molar-refractivity contribution >= 4 is 43.5 Å². The van der Waals surface area contributed by atoms with Crippen molar-refractivity contribution in [2.24, 2.45) is 0 Å². The van der Waals surface area contributed by atoms with Crippen LogP contribution < -0.4 is 0 Å². The van der Waals surface area contributed by atoms with Crippen LogP contribution in [0.4, 0.5) is 0 Å². The number of furan rings is 1. The molecule has 210 valence electrons. The van der Waals surface area contributed by atoms with E-state index < -0.39 is 0 Å². The number of hydrogen-bond acceptors (Lipinski definition) is 4. The largest absolute Gasteiger partial charge is 0.455 e. The van der Waals surface area contributed by atoms with Crippen LogP contribution in [0.15, 0.2) is 156 Å². The van der Waals surface area contributed by atoms with E-state index in [0.29, 0.717) is 17.5 Å². The van der Waals surface area contributed by atoms with Crippen molar-refractivity contribution in [2.75, 3.05) is 0 Å². The topological polar surface area (TPSA) is 51.8 Å². The monoisotopic (exact) mass is 575 g/mol. The quantitative estimate of drug-likeness (QED) is 0.209. The van der Waals surface area contributed by atoms with Crippen molar-refractivity contribution in [3.63, 3.8) is 0 Å². The van der Waals surface area contributed by atoms with Gasteiger partial charge in [0.15, 0.2) is 17.5 Å². The van der Waals surface area contributed by atoms with Gasteiger partial charge in [-0.2, -0.15) is 0 Å². The first-order valence-electron chi connectivity index (χ1n) is 15.0. The number of nitrogens with zero attached hydrogens (tertiary/aromatic N) is 3. The van der Waals surface area contributed by atoms with Gasteiger partial charge < -0.3 is 4.42 Å². The minimum atomic E-state index is 0.604. The van der Waals surface area contributed by atoms with Crippen molar-refractivity contribution in [1.29, 1.82) is 0 Å². The Morgan fingerprint density at radius 3 is 1.58 bits per heavy atom. The van der Waals surface area contributed by atoms with Crippen molar-refractivity contribution in [2.45, 2.75) is 0 Å². The summed E-state index contributed by atoms with van der Waals surface area (Å²) in [6, 6.07) is 52.2. The maximum atomic E-state index is 6.56. The zero-order chi connectivity index (χ0) is 29.7. The molecule has 0 saturated heterocycles. The first-order chi connectivity index (χ1) is 22.3. The smallest absolute Gasteiger partial charge is 0.164 e. The third-order valence-corrected chi connectivity index (χ3v) is 8.50. The van der Waals surface area contributed by atoms with E-state index in [1.165, 1.54) is 10.8 Å². The second-order valence-corrected chi connectivity index (χ2v) is 11.3. The second-order valence-electron chi connectivity index (χ2n) is 11.3. The van der Waals surface area contributed by atoms with Crippen molar-refractivity contribution < 1.29 is 4.42 Å². The minimum absolute atomic E-state index is 0.604. The van der Waals surface area contributed by atoms with Crippen LogP contribution in [0.2, 0.25) is 0 Å². The molecule has 0 aliphatic carbocycles. The molecule has 0 aliphatic heterocycles. The van der Waals surface area contributed by atoms with Crippen LogP contribution in [0.5, 0.6) is 0 Å². The van der Waals surface area contributed by atoms with E-state index in [1.54, 1.807) is 0 Å². The Kier molecular flexibility index (Phi) is 5.78. The summed E-state index contributed by atoms with van der Waals surface area (Å²) in [4.78, 5) is 15.3. The maximum absolute atomic E-state index is 6.56. The van der Waals surface area contributed by atoms with Crippen LogP contribution in [0.1, 0.15) is 0 Å². The maximum Gasteiger partial charge on any atom is 0.164 e. The highest BCUT2D eigenvalue weighted by Gasteiger charge is 2.20. The number of hydrogen-bond donors (Lipinski definition) is 0. The Hall–Kier alpha value is -6.13. The highest BCUT2D eigenvalue weighted by atomic mass is 16.3. The van der Waals surface area contributed by atoms with E-state index in [2.05, 4.69) is 127 Å². The number of rotatable bonds is 4. The summed E-state index contributed by atoms with van der Waals surface area (Å²) < 4.78 is 6.56. The fourth-order valence-electron chi connectivity index (χ4n) is 6.27. The number of para-hydroxylation sites is 1. The summed E-state index contributed by atoms with van der Waals surface area (Å²) >= 11 is 0. The lowest BCUT2D eigenvalue weighted by atomic mass is 9.98. The molecule has 2 aromatic heterocycles. The van der Waals surface area contributed by atoms with Gasteiger partial charge in [0.05, 0.1) is 0 Å². The molecule has 0 radical (unpaired) electrons. The molecule has 0 unspecified atom stereocenters. The summed E-state index contributed by atoms with van der Waals surface area (Å²) in [5, 5.41) is 6.65. The zero-order valence-corrected chi connectivity index (χ0v) is 24.2. The van der Waals surface area contributed by atoms with Crippen LogP contribution >= 0.6 is 0 Å². The van der Waals surface area contributed by atoms with Gasteiger partial charge in [0.2, 0.25) is 0 Å². The molecule has 2 heterocycles. The Morgan fingerprint density at radius 2 is 0.911 bits per heavy atom. The molecule has 0 amide bonds. The fourth-order valence-corrected chi connectivity index (χ4v) is 6.27. The van der Waals surface area contributed by atoms with Crippen LogP contribution in [0.25, 0.3) is 88.8 Å². The lowest BCUT2D eigenvalue weighted by Gasteiger charge is -2.11. The van der Waals surface area contributed by atoms with Crippen LogP contribution in [0.3, 0.4) is 0 Å². The van der Waals surface area contributed by atoms with E-state index in [0.717, 1.165) is 60.5 Å². The van der Waals surface area contributed by atoms with Crippen LogP contribution in [-0.4, -0.2) is 15.0 Å². The van der Waals surface area contributed by atoms with Gasteiger partial charge >= 0.3 is 0 Å². The fraction of sp³-hybridized carbons (Fsp3) is 0. The lowest BCUT2D eigenvalue weighted by Crippen LogP contribution is -2.00. The summed E-state index contributed by atoms with van der Waals surface area (Å²) in [5.74, 6) is 1.86. The molecule has 9 aromatic rings. The van der Waals surface area contributed by atoms with Crippen molar-refractivity contribution in [3.8, 4) is 45.3 Å². The molecule has 7 aromatic carbocycles. The molecule has 0 aliphatic rings. The van der Waals surface area contributed by atoms with E-state index in [-0.39, 0.29) is 0 Å². The third-order valence-electron chi connectivity index (χ3n) is 8.50. The van der Waals surface area contributed by atoms with Gasteiger partial charge in [-0.05, 0) is 57.4 Å². The normalized spacial score (nSPS) is 11.6. The molecule has 4 heteroatoms. The molecule has 0 spiro atoms. The number of aromatic nitrogens is 3. The molecule has 4 nitrogen and oxygen atoms in total. The molecule has 9 rings (SSSR count). The Balaban J connectivity index is 1.33. The van der Waals surface area contributed by atoms with E-state index >= 15 is 0 Å². The average molecular weight is 576 g/mol. The van der Waals surface area contributed by atoms with Gasteiger partial charge in [0.25, 0.3) is 0 Å². The molecule has 0 bridgehead atoms. The summed E-state index contributed by atoms with van der Waals surface area (Å²) in [5.41, 5.74) is 6.56. The molecule has 0 saturated carbocycles. The first kappa shape index (κ1) is 25.4. The summed E-state index contributed by atoms with van der Waals surface area (Å²) in [7, 11) is 0. The Labute approximate surface area is 259 Å². The molecule has 0 atom stereocenters. The van der Waals surface area contributed by atoms with Gasteiger partial charge in [-0.1, -0.05) is 121 Å². The number of fused-ring (bicyclic) bond motifs is 5. The van der Waals surface area contributed by atoms with Crippen LogP contribution in [0, 0.1) is 0 Å². The summed E-state index contributed by atoms with van der Waals surface area (Å²) in [6.07, 6.45) is 0. The highest BCUT2D eigenvalue weighted by Crippen LogP contribution is 2.41. The molecular weight excluding hydrogens is 550 g/mol. The molecule has 0 N–H and O–H groups in total. The lowest BCUT2D eigenvalue weighted by molar-refractivity contribution is 0.670.